The molecule has 6 nitrogen and oxygen atoms in total. The third kappa shape index (κ3) is 11.2. The fourth-order valence-electron chi connectivity index (χ4n) is 5.45. The maximum absolute atomic E-state index is 12.9. The Kier molecular flexibility index (Phi) is 14.5. The second-order valence-electron chi connectivity index (χ2n) is 12.0. The van der Waals surface area contributed by atoms with Gasteiger partial charge in [-0.05, 0) is 73.5 Å². The summed E-state index contributed by atoms with van der Waals surface area (Å²) in [7, 11) is 0. The van der Waals surface area contributed by atoms with Crippen LogP contribution in [-0.4, -0.2) is 30.2 Å². The van der Waals surface area contributed by atoms with Gasteiger partial charge in [0.1, 0.15) is 11.7 Å². The maximum Gasteiger partial charge on any atom is 0.261 e. The molecule has 0 bridgehead atoms. The van der Waals surface area contributed by atoms with Gasteiger partial charge in [0.15, 0.2) is 5.78 Å². The van der Waals surface area contributed by atoms with E-state index in [1.165, 1.54) is 75.6 Å². The van der Waals surface area contributed by atoms with Crippen molar-refractivity contribution in [2.24, 2.45) is 16.0 Å². The lowest BCUT2D eigenvalue weighted by Crippen LogP contribution is -2.27. The Balaban J connectivity index is 1.13. The van der Waals surface area contributed by atoms with E-state index in [0.717, 1.165) is 30.0 Å². The van der Waals surface area contributed by atoms with Gasteiger partial charge in [0.05, 0.1) is 23.7 Å². The summed E-state index contributed by atoms with van der Waals surface area (Å²) in [6.07, 6.45) is 21.0. The number of para-hydroxylation sites is 1. The predicted molar refractivity (Wildman–Crippen MR) is 192 cm³/mol. The van der Waals surface area contributed by atoms with E-state index in [4.69, 9.17) is 4.74 Å². The van der Waals surface area contributed by atoms with Crippen LogP contribution in [0.15, 0.2) is 95.0 Å². The van der Waals surface area contributed by atoms with Gasteiger partial charge in [0.2, 0.25) is 0 Å². The molecular weight excluding hydrogens is 570 g/mol. The summed E-state index contributed by atoms with van der Waals surface area (Å²) in [6.45, 7) is 4.83. The molecule has 1 atom stereocenters. The molecule has 0 aromatic heterocycles. The normalized spacial score (nSPS) is 14.8. The van der Waals surface area contributed by atoms with E-state index < -0.39 is 5.92 Å². The van der Waals surface area contributed by atoms with Crippen molar-refractivity contribution in [3.05, 3.63) is 96.1 Å². The number of carbonyl (C=O) groups excluding carboxylic acids is 2. The van der Waals surface area contributed by atoms with E-state index in [1.807, 2.05) is 67.6 Å². The number of amides is 1. The van der Waals surface area contributed by atoms with Gasteiger partial charge in [-0.1, -0.05) is 114 Å². The zero-order chi connectivity index (χ0) is 32.4. The minimum absolute atomic E-state index is 0.0877. The summed E-state index contributed by atoms with van der Waals surface area (Å²) in [5, 5.41) is 5.83. The third-order valence-electron chi connectivity index (χ3n) is 8.28. The van der Waals surface area contributed by atoms with Crippen LogP contribution in [-0.2, 0) is 4.79 Å². The number of rotatable bonds is 20. The molecule has 46 heavy (non-hydrogen) atoms. The molecule has 1 aliphatic heterocycles. The first kappa shape index (κ1) is 34.6. The van der Waals surface area contributed by atoms with Crippen LogP contribution in [0.1, 0.15) is 107 Å². The molecule has 6 heteroatoms. The second kappa shape index (κ2) is 19.3. The van der Waals surface area contributed by atoms with Crippen LogP contribution >= 0.6 is 0 Å². The number of benzene rings is 3. The number of aliphatic imine (C=N–C) groups is 1. The minimum Gasteiger partial charge on any atom is -0.494 e. The van der Waals surface area contributed by atoms with Crippen molar-refractivity contribution in [3.8, 4) is 5.75 Å². The number of hydrogen-bond donors (Lipinski definition) is 0. The van der Waals surface area contributed by atoms with Gasteiger partial charge >= 0.3 is 0 Å². The Labute approximate surface area is 275 Å². The summed E-state index contributed by atoms with van der Waals surface area (Å²) >= 11 is 0. The molecule has 0 radical (unpaired) electrons. The number of hydrogen-bond acceptors (Lipinski definition) is 5. The van der Waals surface area contributed by atoms with E-state index in [0.29, 0.717) is 17.0 Å². The SMILES string of the molecule is CCCCCCCCCCCCCCOc1ccc(/C=C/C(=O)c2ccc(N=CC3C(=O)N(c4ccccc4)N=C3C)cc2)cc1. The van der Waals surface area contributed by atoms with Crippen LogP contribution in [0.25, 0.3) is 6.08 Å². The first-order valence-electron chi connectivity index (χ1n) is 17.1. The van der Waals surface area contributed by atoms with Crippen molar-refractivity contribution in [2.75, 3.05) is 11.6 Å². The van der Waals surface area contributed by atoms with Crippen molar-refractivity contribution < 1.29 is 14.3 Å². The number of anilines is 1. The molecule has 0 spiro atoms. The lowest BCUT2D eigenvalue weighted by Gasteiger charge is -2.12. The highest BCUT2D eigenvalue weighted by Crippen LogP contribution is 2.24. The van der Waals surface area contributed by atoms with Crippen molar-refractivity contribution in [1.82, 2.24) is 0 Å². The standard InChI is InChI=1S/C40H49N3O3/c1-3-4-5-6-7-8-9-10-11-12-13-17-30-46-37-27-20-33(21-28-37)22-29-39(44)34-23-25-35(26-24-34)41-31-38-32(2)42-43(40(38)45)36-18-15-14-16-19-36/h14-16,18-29,31,38H,3-13,17,30H2,1-2H3/b29-22+,41-31?. The van der Waals surface area contributed by atoms with Gasteiger partial charge in [0.25, 0.3) is 5.91 Å². The smallest absolute Gasteiger partial charge is 0.261 e. The molecule has 242 valence electrons. The summed E-state index contributed by atoms with van der Waals surface area (Å²) in [5.41, 5.74) is 3.60. The van der Waals surface area contributed by atoms with Crippen LogP contribution in [0, 0.1) is 5.92 Å². The van der Waals surface area contributed by atoms with Gasteiger partial charge in [-0.15, -0.1) is 0 Å². The Morgan fingerprint density at radius 3 is 2.04 bits per heavy atom. The van der Waals surface area contributed by atoms with E-state index in [2.05, 4.69) is 17.0 Å². The molecule has 0 N–H and O–H groups in total. The van der Waals surface area contributed by atoms with Gasteiger partial charge in [-0.3, -0.25) is 14.6 Å². The number of nitrogens with zero attached hydrogens (tertiary/aromatic N) is 3. The minimum atomic E-state index is -0.518. The molecule has 1 heterocycles. The molecule has 0 saturated carbocycles. The molecule has 1 unspecified atom stereocenters. The fourth-order valence-corrected chi connectivity index (χ4v) is 5.45. The van der Waals surface area contributed by atoms with E-state index in [-0.39, 0.29) is 11.7 Å². The summed E-state index contributed by atoms with van der Waals surface area (Å²) in [5.74, 6) is 0.116. The lowest BCUT2D eigenvalue weighted by atomic mass is 10.1. The first-order chi connectivity index (χ1) is 22.5. The van der Waals surface area contributed by atoms with Gasteiger partial charge in [-0.2, -0.15) is 10.1 Å². The van der Waals surface area contributed by atoms with Crippen LogP contribution in [0.2, 0.25) is 0 Å². The Morgan fingerprint density at radius 2 is 1.41 bits per heavy atom. The number of allylic oxidation sites excluding steroid dienone is 1. The number of ether oxygens (including phenoxy) is 1. The first-order valence-corrected chi connectivity index (χ1v) is 17.1. The summed E-state index contributed by atoms with van der Waals surface area (Å²) in [6, 6.07) is 24.3. The van der Waals surface area contributed by atoms with Gasteiger partial charge < -0.3 is 4.74 Å². The monoisotopic (exact) mass is 619 g/mol. The van der Waals surface area contributed by atoms with Crippen LogP contribution < -0.4 is 9.75 Å². The highest BCUT2D eigenvalue weighted by molar-refractivity contribution is 6.23. The average Bonchev–Trinajstić information content (AvgIpc) is 3.38. The highest BCUT2D eigenvalue weighted by Gasteiger charge is 2.33. The van der Waals surface area contributed by atoms with Crippen molar-refractivity contribution in [2.45, 2.75) is 90.9 Å². The van der Waals surface area contributed by atoms with Crippen molar-refractivity contribution >= 4 is 41.1 Å². The number of ketones is 1. The highest BCUT2D eigenvalue weighted by atomic mass is 16.5. The number of unbranched alkanes of at least 4 members (excludes halogenated alkanes) is 11. The van der Waals surface area contributed by atoms with Crippen LogP contribution in [0.5, 0.6) is 5.75 Å². The van der Waals surface area contributed by atoms with Crippen LogP contribution in [0.3, 0.4) is 0 Å². The zero-order valence-corrected chi connectivity index (χ0v) is 27.6. The van der Waals surface area contributed by atoms with Crippen molar-refractivity contribution in [3.63, 3.8) is 0 Å². The molecule has 4 rings (SSSR count). The molecule has 3 aromatic rings. The largest absolute Gasteiger partial charge is 0.494 e. The van der Waals surface area contributed by atoms with E-state index in [9.17, 15) is 9.59 Å². The fraction of sp³-hybridized carbons (Fsp3) is 0.400. The van der Waals surface area contributed by atoms with E-state index >= 15 is 0 Å². The molecule has 0 saturated heterocycles. The molecule has 3 aromatic carbocycles. The average molecular weight is 620 g/mol. The number of carbonyl (C=O) groups is 2. The Morgan fingerprint density at radius 1 is 0.804 bits per heavy atom. The topological polar surface area (TPSA) is 71.3 Å². The lowest BCUT2D eigenvalue weighted by molar-refractivity contribution is -0.118. The maximum atomic E-state index is 12.9. The molecule has 0 fully saturated rings. The quantitative estimate of drug-likeness (QED) is 0.0547. The predicted octanol–water partition coefficient (Wildman–Crippen LogP) is 10.4. The molecule has 1 aliphatic rings. The van der Waals surface area contributed by atoms with Gasteiger partial charge in [0, 0.05) is 11.8 Å². The number of hydrazone groups is 1. The van der Waals surface area contributed by atoms with Crippen LogP contribution in [0.4, 0.5) is 11.4 Å². The van der Waals surface area contributed by atoms with Crippen molar-refractivity contribution in [1.29, 1.82) is 0 Å². The summed E-state index contributed by atoms with van der Waals surface area (Å²) < 4.78 is 5.92. The van der Waals surface area contributed by atoms with E-state index in [1.54, 1.807) is 36.6 Å². The Hall–Kier alpha value is -4.32. The van der Waals surface area contributed by atoms with Gasteiger partial charge in [-0.25, -0.2) is 0 Å². The zero-order valence-electron chi connectivity index (χ0n) is 27.6. The molecule has 0 aliphatic carbocycles. The third-order valence-corrected chi connectivity index (χ3v) is 8.28. The molecule has 1 amide bonds. The Bertz CT molecular complexity index is 1440. The second-order valence-corrected chi connectivity index (χ2v) is 12.0. The molecular formula is C40H49N3O3. The summed E-state index contributed by atoms with van der Waals surface area (Å²) in [4.78, 5) is 30.1.